The monoisotopic (exact) mass is 944 g/mol. The molecule has 0 saturated carbocycles. The van der Waals surface area contributed by atoms with Crippen LogP contribution in [0, 0.1) is 18.8 Å². The quantitative estimate of drug-likeness (QED) is 0.155. The molecule has 59 heavy (non-hydrogen) atoms. The van der Waals surface area contributed by atoms with Gasteiger partial charge in [0.25, 0.3) is 0 Å². The minimum atomic E-state index is -0.0231. The van der Waals surface area contributed by atoms with E-state index in [-0.39, 0.29) is 26.5 Å². The van der Waals surface area contributed by atoms with E-state index >= 15 is 0 Å². The fourth-order valence-electron chi connectivity index (χ4n) is 8.31. The zero-order chi connectivity index (χ0) is 39.0. The normalized spacial score (nSPS) is 12.7. The van der Waals surface area contributed by atoms with Gasteiger partial charge in [-0.25, -0.2) is 4.98 Å². The van der Waals surface area contributed by atoms with Crippen molar-refractivity contribution in [3.63, 3.8) is 0 Å². The summed E-state index contributed by atoms with van der Waals surface area (Å²) < 4.78 is 15.2. The van der Waals surface area contributed by atoms with Gasteiger partial charge in [-0.15, -0.1) is 48.1 Å². The molecule has 11 rings (SSSR count). The van der Waals surface area contributed by atoms with Crippen molar-refractivity contribution in [3.8, 4) is 28.4 Å². The topological polar surface area (TPSA) is 46.7 Å². The Hall–Kier alpha value is -6.62. The molecule has 7 heteroatoms. The Bertz CT molecular complexity index is 3200. The predicted molar refractivity (Wildman–Crippen MR) is 236 cm³/mol. The molecular weight excluding hydrogens is 908 g/mol. The first kappa shape index (κ1) is 36.7. The van der Waals surface area contributed by atoms with Gasteiger partial charge < -0.3 is 23.5 Å². The number of aromatic nitrogens is 2. The summed E-state index contributed by atoms with van der Waals surface area (Å²) in [5.74, 6) is 2.03. The molecule has 0 atom stereocenters. The third-order valence-corrected chi connectivity index (χ3v) is 11.1. The van der Waals surface area contributed by atoms with Gasteiger partial charge in [0.2, 0.25) is 0 Å². The third-order valence-electron chi connectivity index (χ3n) is 11.1. The number of hydrogen-bond acceptors (Lipinski definition) is 5. The molecule has 7 aromatic carbocycles. The van der Waals surface area contributed by atoms with Gasteiger partial charge in [0.15, 0.2) is 0 Å². The second-order valence-corrected chi connectivity index (χ2v) is 15.7. The van der Waals surface area contributed by atoms with E-state index in [9.17, 15) is 0 Å². The summed E-state index contributed by atoms with van der Waals surface area (Å²) in [6.07, 6.45) is 1.90. The Balaban J connectivity index is 0.00000420. The van der Waals surface area contributed by atoms with Gasteiger partial charge in [-0.3, -0.25) is 0 Å². The molecule has 290 valence electrons. The van der Waals surface area contributed by atoms with Crippen LogP contribution in [0.3, 0.4) is 0 Å². The maximum Gasteiger partial charge on any atom is 0.137 e. The van der Waals surface area contributed by atoms with E-state index in [1.54, 1.807) is 0 Å². The van der Waals surface area contributed by atoms with Crippen LogP contribution in [0.25, 0.3) is 60.7 Å². The predicted octanol–water partition coefficient (Wildman–Crippen LogP) is 13.8. The molecule has 0 fully saturated rings. The standard InChI is InChI=1S/C52H37N4O2.Pt/c1-52(2,3)35-28-29-53-49(30-35)56-43-20-9-7-18-40(43)41-25-24-38(32-46(41)56)57-37-17-13-16-36(31-37)54-33-55(45-22-11-10-21-44(45)54)51-39(34-14-5-4-6-15-34)26-27-48-50(51)42-19-8-12-23-47(42)58-48;/h4-30,33H,1-3H3;/q-3;. The fraction of sp³-hybridized carbons (Fsp3) is 0.0769. The molecule has 0 unspecified atom stereocenters. The molecule has 0 aliphatic carbocycles. The van der Waals surface area contributed by atoms with Crippen molar-refractivity contribution in [3.05, 3.63) is 188 Å². The summed E-state index contributed by atoms with van der Waals surface area (Å²) in [7, 11) is 0. The Morgan fingerprint density at radius 2 is 1.36 bits per heavy atom. The zero-order valence-corrected chi connectivity index (χ0v) is 34.9. The molecule has 0 bridgehead atoms. The Kier molecular flexibility index (Phi) is 8.92. The largest absolute Gasteiger partial charge is 0.509 e. The number of rotatable bonds is 6. The summed E-state index contributed by atoms with van der Waals surface area (Å²) in [6.45, 7) is 8.82. The summed E-state index contributed by atoms with van der Waals surface area (Å²) in [4.78, 5) is 9.30. The van der Waals surface area contributed by atoms with E-state index in [0.29, 0.717) is 11.5 Å². The molecule has 3 aromatic heterocycles. The first-order valence-corrected chi connectivity index (χ1v) is 19.5. The first-order chi connectivity index (χ1) is 28.4. The summed E-state index contributed by atoms with van der Waals surface area (Å²) >= 11 is 0. The van der Waals surface area contributed by atoms with Crippen molar-refractivity contribution < 1.29 is 30.2 Å². The summed E-state index contributed by atoms with van der Waals surface area (Å²) in [5.41, 5.74) is 11.1. The Labute approximate surface area is 357 Å². The zero-order valence-electron chi connectivity index (χ0n) is 32.6. The average molecular weight is 945 g/mol. The molecule has 0 saturated heterocycles. The molecule has 10 aromatic rings. The number of hydrogen-bond donors (Lipinski definition) is 0. The van der Waals surface area contributed by atoms with Crippen LogP contribution in [-0.4, -0.2) is 9.55 Å². The molecular formula is C52H37N4O2Pt-3. The number of benzene rings is 7. The first-order valence-electron chi connectivity index (χ1n) is 19.5. The van der Waals surface area contributed by atoms with E-state index in [2.05, 4.69) is 181 Å². The van der Waals surface area contributed by atoms with Crippen LogP contribution in [0.2, 0.25) is 0 Å². The minimum Gasteiger partial charge on any atom is -0.509 e. The summed E-state index contributed by atoms with van der Waals surface area (Å²) in [5, 5.41) is 4.36. The summed E-state index contributed by atoms with van der Waals surface area (Å²) in [6, 6.07) is 61.6. The van der Waals surface area contributed by atoms with Crippen LogP contribution < -0.4 is 14.5 Å². The van der Waals surface area contributed by atoms with Gasteiger partial charge in [0.1, 0.15) is 17.0 Å². The van der Waals surface area contributed by atoms with Gasteiger partial charge in [-0.2, -0.15) is 12.1 Å². The molecule has 0 radical (unpaired) electrons. The maximum atomic E-state index is 6.61. The van der Waals surface area contributed by atoms with Crippen molar-refractivity contribution in [1.29, 1.82) is 0 Å². The van der Waals surface area contributed by atoms with Crippen LogP contribution in [0.1, 0.15) is 26.3 Å². The van der Waals surface area contributed by atoms with Crippen LogP contribution in [-0.2, 0) is 26.5 Å². The molecule has 1 aliphatic rings. The van der Waals surface area contributed by atoms with Crippen molar-refractivity contribution in [2.45, 2.75) is 26.2 Å². The second kappa shape index (κ2) is 14.3. The third kappa shape index (κ3) is 6.18. The van der Waals surface area contributed by atoms with Crippen molar-refractivity contribution in [1.82, 2.24) is 9.55 Å². The Morgan fingerprint density at radius 3 is 2.19 bits per heavy atom. The molecule has 0 amide bonds. The van der Waals surface area contributed by atoms with E-state index in [1.807, 2.05) is 36.5 Å². The van der Waals surface area contributed by atoms with Gasteiger partial charge in [-0.05, 0) is 70.5 Å². The van der Waals surface area contributed by atoms with Crippen molar-refractivity contribution in [2.75, 3.05) is 9.80 Å². The van der Waals surface area contributed by atoms with Gasteiger partial charge >= 0.3 is 0 Å². The van der Waals surface area contributed by atoms with Crippen LogP contribution in [0.15, 0.2) is 168 Å². The van der Waals surface area contributed by atoms with Crippen LogP contribution in [0.5, 0.6) is 11.5 Å². The number of anilines is 4. The average Bonchev–Trinajstić information content (AvgIpc) is 3.93. The maximum absolute atomic E-state index is 6.61. The number of ether oxygens (including phenoxy) is 1. The minimum absolute atomic E-state index is 0. The number of furan rings is 1. The van der Waals surface area contributed by atoms with Crippen molar-refractivity contribution >= 4 is 66.5 Å². The number of pyridine rings is 1. The smallest absolute Gasteiger partial charge is 0.137 e. The Morgan fingerprint density at radius 1 is 0.627 bits per heavy atom. The van der Waals surface area contributed by atoms with Crippen LogP contribution >= 0.6 is 0 Å². The molecule has 4 heterocycles. The van der Waals surface area contributed by atoms with Gasteiger partial charge in [-0.1, -0.05) is 105 Å². The molecule has 0 N–H and O–H groups in total. The molecule has 0 spiro atoms. The number of para-hydroxylation sites is 4. The fourth-order valence-corrected chi connectivity index (χ4v) is 8.31. The molecule has 1 aliphatic heterocycles. The molecule has 6 nitrogen and oxygen atoms in total. The number of nitrogens with zero attached hydrogens (tertiary/aromatic N) is 4. The number of fused-ring (bicyclic) bond motifs is 7. The van der Waals surface area contributed by atoms with Gasteiger partial charge in [0, 0.05) is 72.3 Å². The van der Waals surface area contributed by atoms with Crippen LogP contribution in [0.4, 0.5) is 22.7 Å². The van der Waals surface area contributed by atoms with E-state index in [4.69, 9.17) is 14.1 Å². The second-order valence-electron chi connectivity index (χ2n) is 15.7. The SMILES string of the molecule is CC(C)(C)c1ccnc(-n2c3[c-]c(Oc4[c-]c(N5[CH-]N(c6c(-c7ccccc7)ccc7oc8ccccc8c67)c6ccccc65)ccc4)ccc3c3ccccc32)c1.[Pt]. The van der Waals surface area contributed by atoms with E-state index < -0.39 is 0 Å². The van der Waals surface area contributed by atoms with E-state index in [1.165, 1.54) is 5.56 Å². The van der Waals surface area contributed by atoms with E-state index in [0.717, 1.165) is 83.4 Å². The van der Waals surface area contributed by atoms with Crippen molar-refractivity contribution in [2.24, 2.45) is 0 Å². The van der Waals surface area contributed by atoms with Gasteiger partial charge in [0.05, 0.1) is 5.39 Å².